The Bertz CT molecular complexity index is 1100. The third-order valence-corrected chi connectivity index (χ3v) is 7.51. The van der Waals surface area contributed by atoms with Crippen molar-refractivity contribution in [2.24, 2.45) is 0 Å². The summed E-state index contributed by atoms with van der Waals surface area (Å²) >= 11 is 3.32. The van der Waals surface area contributed by atoms with E-state index in [1.54, 1.807) is 22.7 Å². The summed E-state index contributed by atoms with van der Waals surface area (Å²) in [6, 6.07) is 20.4. The second kappa shape index (κ2) is 10.2. The van der Waals surface area contributed by atoms with Crippen molar-refractivity contribution >= 4 is 44.3 Å². The molecule has 2 aromatic carbocycles. The highest BCUT2D eigenvalue weighted by Crippen LogP contribution is 2.30. The molecule has 6 nitrogen and oxygen atoms in total. The van der Waals surface area contributed by atoms with Crippen LogP contribution in [0.5, 0.6) is 0 Å². The van der Waals surface area contributed by atoms with Gasteiger partial charge in [0.25, 0.3) is 0 Å². The van der Waals surface area contributed by atoms with Crippen LogP contribution < -0.4 is 10.6 Å². The van der Waals surface area contributed by atoms with Crippen molar-refractivity contribution in [2.75, 3.05) is 23.7 Å². The Hall–Kier alpha value is -2.78. The van der Waals surface area contributed by atoms with Crippen LogP contribution in [0.1, 0.15) is 25.2 Å². The van der Waals surface area contributed by atoms with E-state index in [4.69, 9.17) is 14.7 Å². The summed E-state index contributed by atoms with van der Waals surface area (Å²) < 4.78 is 7.00. The Morgan fingerprint density at radius 3 is 1.65 bits per heavy atom. The molecule has 3 heterocycles. The number of hydrogen-bond acceptors (Lipinski definition) is 7. The largest absolute Gasteiger partial charge is 0.364 e. The molecule has 1 saturated heterocycles. The fourth-order valence-corrected chi connectivity index (χ4v) is 6.26. The van der Waals surface area contributed by atoms with Crippen LogP contribution >= 0.6 is 22.7 Å². The number of quaternary nitrogens is 1. The molecule has 0 unspecified atom stereocenters. The van der Waals surface area contributed by atoms with Gasteiger partial charge in [0.2, 0.25) is 0 Å². The molecule has 0 spiro atoms. The fourth-order valence-electron chi connectivity index (χ4n) is 4.81. The van der Waals surface area contributed by atoms with Crippen LogP contribution in [0.4, 0.5) is 21.6 Å². The Labute approximate surface area is 208 Å². The SMILES string of the molecule is C[C@@H]1C[N+](Cc2csc(Nc3ccccc3)n2)(Cc2csc(Nc3ccccc3)n2)C[C@H](C)O1. The second-order valence-corrected chi connectivity index (χ2v) is 10.8. The van der Waals surface area contributed by atoms with Gasteiger partial charge in [-0.05, 0) is 38.1 Å². The molecule has 2 aromatic heterocycles. The van der Waals surface area contributed by atoms with Crippen LogP contribution in [0.25, 0.3) is 0 Å². The van der Waals surface area contributed by atoms with Crippen LogP contribution in [0.2, 0.25) is 0 Å². The number of anilines is 4. The first-order chi connectivity index (χ1) is 16.6. The van der Waals surface area contributed by atoms with E-state index in [1.807, 2.05) is 36.4 Å². The molecule has 8 heteroatoms. The highest BCUT2D eigenvalue weighted by molar-refractivity contribution is 7.14. The molecule has 1 fully saturated rings. The predicted molar refractivity (Wildman–Crippen MR) is 141 cm³/mol. The standard InChI is InChI=1S/C26H30N5OS2/c1-19-13-31(14-20(2)32-19,15-23-17-33-25(29-23)27-21-9-5-3-6-10-21)16-24-18-34-26(30-24)28-22-11-7-4-8-12-22/h3-12,17-20H,13-16H2,1-2H3,(H,27,29)(H,28,30)/q+1/t19-,20+. The normalized spacial score (nSPS) is 19.6. The first-order valence-electron chi connectivity index (χ1n) is 11.6. The first-order valence-corrected chi connectivity index (χ1v) is 13.3. The van der Waals surface area contributed by atoms with Crippen LogP contribution in [0.3, 0.4) is 0 Å². The maximum Gasteiger partial charge on any atom is 0.187 e. The molecule has 4 aromatic rings. The van der Waals surface area contributed by atoms with Gasteiger partial charge in [0, 0.05) is 22.1 Å². The number of thiazole rings is 2. The smallest absolute Gasteiger partial charge is 0.187 e. The number of nitrogens with zero attached hydrogens (tertiary/aromatic N) is 3. The van der Waals surface area contributed by atoms with Crippen LogP contribution in [0.15, 0.2) is 71.4 Å². The van der Waals surface area contributed by atoms with Gasteiger partial charge in [-0.15, -0.1) is 22.7 Å². The molecule has 0 aliphatic carbocycles. The quantitative estimate of drug-likeness (QED) is 0.278. The van der Waals surface area contributed by atoms with E-state index in [1.165, 1.54) is 0 Å². The second-order valence-electron chi connectivity index (χ2n) is 9.05. The molecule has 2 atom stereocenters. The summed E-state index contributed by atoms with van der Waals surface area (Å²) in [5.41, 5.74) is 4.34. The third kappa shape index (κ3) is 5.82. The molecular weight excluding hydrogens is 462 g/mol. The van der Waals surface area contributed by atoms with E-state index < -0.39 is 0 Å². The molecule has 0 radical (unpaired) electrons. The van der Waals surface area contributed by atoms with Crippen LogP contribution in [-0.2, 0) is 17.8 Å². The Morgan fingerprint density at radius 1 is 0.765 bits per heavy atom. The Kier molecular flexibility index (Phi) is 6.92. The van der Waals surface area contributed by atoms with E-state index in [9.17, 15) is 0 Å². The lowest BCUT2D eigenvalue weighted by Crippen LogP contribution is -2.58. The van der Waals surface area contributed by atoms with E-state index >= 15 is 0 Å². The molecule has 5 rings (SSSR count). The first kappa shape index (κ1) is 23.0. The Balaban J connectivity index is 1.33. The summed E-state index contributed by atoms with van der Waals surface area (Å²) in [5.74, 6) is 0. The molecule has 0 saturated carbocycles. The lowest BCUT2D eigenvalue weighted by molar-refractivity contribution is -0.966. The van der Waals surface area contributed by atoms with Crippen LogP contribution in [0, 0.1) is 0 Å². The zero-order valence-electron chi connectivity index (χ0n) is 19.5. The van der Waals surface area contributed by atoms with Gasteiger partial charge in [0.15, 0.2) is 10.3 Å². The monoisotopic (exact) mass is 492 g/mol. The zero-order valence-corrected chi connectivity index (χ0v) is 21.1. The van der Waals surface area contributed by atoms with E-state index in [0.717, 1.165) is 63.7 Å². The summed E-state index contributed by atoms with van der Waals surface area (Å²) in [6.45, 7) is 7.98. The van der Waals surface area contributed by atoms with Gasteiger partial charge in [-0.25, -0.2) is 9.97 Å². The average Bonchev–Trinajstić information content (AvgIpc) is 3.43. The summed E-state index contributed by atoms with van der Waals surface area (Å²) in [6.07, 6.45) is 0.398. The van der Waals surface area contributed by atoms with Crippen molar-refractivity contribution in [2.45, 2.75) is 39.1 Å². The minimum atomic E-state index is 0.199. The van der Waals surface area contributed by atoms with Crippen molar-refractivity contribution in [1.29, 1.82) is 0 Å². The van der Waals surface area contributed by atoms with Gasteiger partial charge in [0.1, 0.15) is 49.8 Å². The third-order valence-electron chi connectivity index (χ3n) is 5.90. The topological polar surface area (TPSA) is 59.1 Å². The fraction of sp³-hybridized carbons (Fsp3) is 0.308. The van der Waals surface area contributed by atoms with E-state index in [2.05, 4.69) is 59.5 Å². The number of ether oxygens (including phenoxy) is 1. The van der Waals surface area contributed by atoms with Crippen molar-refractivity contribution in [3.8, 4) is 0 Å². The number of benzene rings is 2. The van der Waals surface area contributed by atoms with E-state index in [-0.39, 0.29) is 12.2 Å². The highest BCUT2D eigenvalue weighted by Gasteiger charge is 2.39. The number of nitrogens with one attached hydrogen (secondary N) is 2. The summed E-state index contributed by atoms with van der Waals surface area (Å²) in [5, 5.41) is 13.1. The number of rotatable bonds is 8. The minimum Gasteiger partial charge on any atom is -0.364 e. The number of hydrogen-bond donors (Lipinski definition) is 2. The molecule has 176 valence electrons. The van der Waals surface area contributed by atoms with Gasteiger partial charge in [-0.3, -0.25) is 0 Å². The molecule has 34 heavy (non-hydrogen) atoms. The van der Waals surface area contributed by atoms with Gasteiger partial charge in [0.05, 0.1) is 0 Å². The van der Waals surface area contributed by atoms with Gasteiger partial charge in [-0.1, -0.05) is 36.4 Å². The highest BCUT2D eigenvalue weighted by atomic mass is 32.1. The number of aromatic nitrogens is 2. The van der Waals surface area contributed by atoms with E-state index in [0.29, 0.717) is 0 Å². The zero-order chi connectivity index (χ0) is 23.4. The maximum absolute atomic E-state index is 6.11. The predicted octanol–water partition coefficient (Wildman–Crippen LogP) is 6.41. The van der Waals surface area contributed by atoms with Gasteiger partial charge >= 0.3 is 0 Å². The maximum atomic E-state index is 6.11. The lowest BCUT2D eigenvalue weighted by Gasteiger charge is -2.45. The van der Waals surface area contributed by atoms with Crippen molar-refractivity contribution < 1.29 is 9.22 Å². The van der Waals surface area contributed by atoms with Crippen molar-refractivity contribution in [3.05, 3.63) is 82.8 Å². The van der Waals surface area contributed by atoms with Crippen molar-refractivity contribution in [3.63, 3.8) is 0 Å². The average molecular weight is 493 g/mol. The van der Waals surface area contributed by atoms with Crippen molar-refractivity contribution in [1.82, 2.24) is 9.97 Å². The molecule has 1 aliphatic rings. The van der Waals surface area contributed by atoms with Crippen LogP contribution in [-0.4, -0.2) is 39.7 Å². The molecule has 2 N–H and O–H groups in total. The lowest BCUT2D eigenvalue weighted by atomic mass is 10.1. The van der Waals surface area contributed by atoms with Gasteiger partial charge < -0.3 is 19.9 Å². The number of morpholine rings is 1. The molecule has 0 amide bonds. The van der Waals surface area contributed by atoms with Gasteiger partial charge in [-0.2, -0.15) is 0 Å². The summed E-state index contributed by atoms with van der Waals surface area (Å²) in [7, 11) is 0. The number of para-hydroxylation sites is 2. The Morgan fingerprint density at radius 2 is 1.21 bits per heavy atom. The molecule has 1 aliphatic heterocycles. The molecular formula is C26H30N5OS2+. The minimum absolute atomic E-state index is 0.199. The summed E-state index contributed by atoms with van der Waals surface area (Å²) in [4.78, 5) is 9.84. The molecule has 0 bridgehead atoms.